The summed E-state index contributed by atoms with van der Waals surface area (Å²) in [5.41, 5.74) is 12.5. The second-order valence-electron chi connectivity index (χ2n) is 18.9. The van der Waals surface area contributed by atoms with Crippen LogP contribution in [-0.2, 0) is 37.3 Å². The SMILES string of the molecule is Cc1cc(C(C)(C)C)c(-c2c(C)nn(-c3[c-]c(Oc4[c-]c5c(cc4)c4ccccc4n5-c4cc(C(C)(C)C(C)(C)C)ccn4)ccc3)c2C)c(C(C)(C)C)c1.[Pt+2]. The Morgan fingerprint density at radius 1 is 0.643 bits per heavy atom. The average molecular weight is 924 g/mol. The summed E-state index contributed by atoms with van der Waals surface area (Å²) in [4.78, 5) is 4.90. The van der Waals surface area contributed by atoms with E-state index in [0.717, 1.165) is 44.7 Å². The van der Waals surface area contributed by atoms with E-state index in [1.54, 1.807) is 0 Å². The summed E-state index contributed by atoms with van der Waals surface area (Å²) in [6, 6.07) is 34.8. The van der Waals surface area contributed by atoms with Crippen LogP contribution in [0.2, 0.25) is 0 Å². The van der Waals surface area contributed by atoms with E-state index in [2.05, 4.69) is 168 Å². The molecule has 0 saturated carbocycles. The maximum Gasteiger partial charge on any atom is 2.00 e. The Morgan fingerprint density at radius 3 is 1.93 bits per heavy atom. The fraction of sp³-hybridized carbons (Fsp3) is 0.360. The number of ether oxygens (including phenoxy) is 1. The van der Waals surface area contributed by atoms with Crippen molar-refractivity contribution < 1.29 is 25.8 Å². The Hall–Kier alpha value is -4.47. The maximum atomic E-state index is 6.57. The van der Waals surface area contributed by atoms with Crippen LogP contribution in [-0.4, -0.2) is 19.3 Å². The smallest absolute Gasteiger partial charge is 0.509 e. The molecule has 4 aromatic carbocycles. The summed E-state index contributed by atoms with van der Waals surface area (Å²) in [7, 11) is 0. The largest absolute Gasteiger partial charge is 2.00 e. The van der Waals surface area contributed by atoms with Crippen LogP contribution < -0.4 is 4.74 Å². The number of hydrogen-bond donors (Lipinski definition) is 0. The number of pyridine rings is 1. The molecule has 56 heavy (non-hydrogen) atoms. The van der Waals surface area contributed by atoms with Gasteiger partial charge in [-0.15, -0.1) is 35.7 Å². The van der Waals surface area contributed by atoms with Crippen molar-refractivity contribution in [2.75, 3.05) is 0 Å². The molecule has 0 aliphatic rings. The Kier molecular flexibility index (Phi) is 10.6. The molecule has 0 spiro atoms. The second-order valence-corrected chi connectivity index (χ2v) is 18.9. The third-order valence-electron chi connectivity index (χ3n) is 11.8. The molecule has 5 nitrogen and oxygen atoms in total. The summed E-state index contributed by atoms with van der Waals surface area (Å²) < 4.78 is 10.8. The molecule has 0 saturated heterocycles. The number of fused-ring (bicyclic) bond motifs is 3. The van der Waals surface area contributed by atoms with Crippen LogP contribution in [0.3, 0.4) is 0 Å². The van der Waals surface area contributed by atoms with E-state index < -0.39 is 0 Å². The summed E-state index contributed by atoms with van der Waals surface area (Å²) in [6.07, 6.45) is 1.93. The second kappa shape index (κ2) is 14.5. The van der Waals surface area contributed by atoms with Crippen LogP contribution in [0.15, 0.2) is 85.1 Å². The summed E-state index contributed by atoms with van der Waals surface area (Å²) >= 11 is 0. The first kappa shape index (κ1) is 41.2. The summed E-state index contributed by atoms with van der Waals surface area (Å²) in [6.45, 7) is 31.8. The Balaban J connectivity index is 0.00000532. The Morgan fingerprint density at radius 2 is 1.29 bits per heavy atom. The molecule has 292 valence electrons. The van der Waals surface area contributed by atoms with Gasteiger partial charge in [-0.3, -0.25) is 4.68 Å². The first-order chi connectivity index (χ1) is 25.7. The van der Waals surface area contributed by atoms with Crippen LogP contribution >= 0.6 is 0 Å². The van der Waals surface area contributed by atoms with E-state index in [9.17, 15) is 0 Å². The first-order valence-electron chi connectivity index (χ1n) is 19.5. The van der Waals surface area contributed by atoms with Gasteiger partial charge >= 0.3 is 21.1 Å². The maximum absolute atomic E-state index is 6.57. The third kappa shape index (κ3) is 7.29. The molecule has 0 atom stereocenters. The number of aromatic nitrogens is 4. The van der Waals surface area contributed by atoms with Gasteiger partial charge in [0.05, 0.1) is 5.69 Å². The molecule has 0 aliphatic heterocycles. The molecule has 0 bridgehead atoms. The van der Waals surface area contributed by atoms with Crippen LogP contribution in [0.25, 0.3) is 44.4 Å². The minimum Gasteiger partial charge on any atom is -0.509 e. The van der Waals surface area contributed by atoms with Crippen molar-refractivity contribution in [2.45, 2.75) is 113 Å². The molecule has 3 heterocycles. The molecule has 7 rings (SSSR count). The van der Waals surface area contributed by atoms with Crippen molar-refractivity contribution in [3.8, 4) is 34.1 Å². The molecular formula is C50H56N4OPt. The quantitative estimate of drug-likeness (QED) is 0.156. The van der Waals surface area contributed by atoms with Crippen molar-refractivity contribution in [1.29, 1.82) is 0 Å². The van der Waals surface area contributed by atoms with E-state index >= 15 is 0 Å². The number of benzene rings is 4. The van der Waals surface area contributed by atoms with E-state index in [1.165, 1.54) is 33.4 Å². The molecule has 0 radical (unpaired) electrons. The summed E-state index contributed by atoms with van der Waals surface area (Å²) in [5, 5.41) is 7.38. The number of aryl methyl sites for hydroxylation is 2. The van der Waals surface area contributed by atoms with Crippen LogP contribution in [0.4, 0.5) is 0 Å². The number of nitrogens with zero attached hydrogens (tertiary/aromatic N) is 4. The minimum absolute atomic E-state index is 0. The van der Waals surface area contributed by atoms with Gasteiger partial charge in [-0.05, 0) is 94.0 Å². The van der Waals surface area contributed by atoms with Gasteiger partial charge in [0.1, 0.15) is 5.82 Å². The molecule has 0 unspecified atom stereocenters. The van der Waals surface area contributed by atoms with E-state index in [4.69, 9.17) is 14.8 Å². The van der Waals surface area contributed by atoms with Crippen molar-refractivity contribution in [3.63, 3.8) is 0 Å². The van der Waals surface area contributed by atoms with Gasteiger partial charge in [-0.1, -0.05) is 118 Å². The minimum atomic E-state index is -0.0710. The molecule has 0 aliphatic carbocycles. The van der Waals surface area contributed by atoms with Crippen LogP contribution in [0.1, 0.15) is 110 Å². The fourth-order valence-electron chi connectivity index (χ4n) is 7.75. The average Bonchev–Trinajstić information content (AvgIpc) is 3.59. The van der Waals surface area contributed by atoms with Crippen molar-refractivity contribution in [2.24, 2.45) is 5.41 Å². The van der Waals surface area contributed by atoms with Gasteiger partial charge in [-0.2, -0.15) is 17.2 Å². The molecule has 0 amide bonds. The summed E-state index contributed by atoms with van der Waals surface area (Å²) in [5.74, 6) is 2.06. The molecule has 3 aromatic heterocycles. The van der Waals surface area contributed by atoms with Crippen molar-refractivity contribution in [1.82, 2.24) is 19.3 Å². The van der Waals surface area contributed by atoms with E-state index in [-0.39, 0.29) is 42.7 Å². The Labute approximate surface area is 348 Å². The molecule has 0 fully saturated rings. The zero-order valence-electron chi connectivity index (χ0n) is 35.6. The topological polar surface area (TPSA) is 44.9 Å². The molecule has 0 N–H and O–H groups in total. The zero-order chi connectivity index (χ0) is 39.8. The van der Waals surface area contributed by atoms with Gasteiger partial charge < -0.3 is 9.30 Å². The fourth-order valence-corrected chi connectivity index (χ4v) is 7.75. The van der Waals surface area contributed by atoms with Crippen LogP contribution in [0, 0.1) is 38.3 Å². The predicted octanol–water partition coefficient (Wildman–Crippen LogP) is 13.3. The zero-order valence-corrected chi connectivity index (χ0v) is 37.9. The number of hydrogen-bond acceptors (Lipinski definition) is 3. The van der Waals surface area contributed by atoms with Crippen molar-refractivity contribution in [3.05, 3.63) is 131 Å². The van der Waals surface area contributed by atoms with Crippen molar-refractivity contribution >= 4 is 21.8 Å². The third-order valence-corrected chi connectivity index (χ3v) is 11.8. The molecule has 7 aromatic rings. The number of rotatable bonds is 6. The van der Waals surface area contributed by atoms with E-state index in [1.807, 2.05) is 35.1 Å². The van der Waals surface area contributed by atoms with Gasteiger partial charge in [0.15, 0.2) is 0 Å². The van der Waals surface area contributed by atoms with E-state index in [0.29, 0.717) is 11.5 Å². The van der Waals surface area contributed by atoms with Gasteiger partial charge in [0.25, 0.3) is 0 Å². The predicted molar refractivity (Wildman–Crippen MR) is 229 cm³/mol. The monoisotopic (exact) mass is 923 g/mol. The first-order valence-corrected chi connectivity index (χ1v) is 19.5. The van der Waals surface area contributed by atoms with Gasteiger partial charge in [0.2, 0.25) is 0 Å². The molecule has 6 heteroatoms. The number of para-hydroxylation sites is 1. The molecular weight excluding hydrogens is 868 g/mol. The standard InChI is InChI=1S/C50H56N4O.Pt/c1-31-26-40(47(4,5)6)46(41(27-31)48(7,8)9)45-32(2)52-54(33(45)3)35-18-17-19-36(29-35)55-37-22-23-39-38-20-15-16-21-42(38)53(43(39)30-37)44-28-34(24-25-51-44)50(13,14)49(10,11)12;/h15-28H,1-14H3;/q-2;+2. The van der Waals surface area contributed by atoms with Crippen LogP contribution in [0.5, 0.6) is 11.5 Å². The Bertz CT molecular complexity index is 2550. The van der Waals surface area contributed by atoms with Gasteiger partial charge in [0, 0.05) is 34.5 Å². The normalized spacial score (nSPS) is 12.7. The van der Waals surface area contributed by atoms with Gasteiger partial charge in [-0.25, -0.2) is 4.98 Å².